The monoisotopic (exact) mass is 227 g/mol. The van der Waals surface area contributed by atoms with E-state index in [2.05, 4.69) is 29.1 Å². The minimum Gasteiger partial charge on any atom is -0.376 e. The van der Waals surface area contributed by atoms with Gasteiger partial charge in [-0.25, -0.2) is 0 Å². The summed E-state index contributed by atoms with van der Waals surface area (Å²) in [5, 5.41) is 7.74. The molecule has 2 heterocycles. The van der Waals surface area contributed by atoms with Crippen molar-refractivity contribution in [1.29, 1.82) is 0 Å². The van der Waals surface area contributed by atoms with Gasteiger partial charge in [-0.15, -0.1) is 0 Å². The van der Waals surface area contributed by atoms with Crippen LogP contribution in [0.5, 0.6) is 0 Å². The van der Waals surface area contributed by atoms with Crippen LogP contribution in [0.3, 0.4) is 0 Å². The molecule has 15 heavy (non-hydrogen) atoms. The zero-order valence-corrected chi connectivity index (χ0v) is 9.76. The smallest absolute Gasteiger partial charge is 0.0933 e. The Hall–Kier alpha value is -0.420. The Labute approximate surface area is 94.4 Å². The summed E-state index contributed by atoms with van der Waals surface area (Å²) in [5.41, 5.74) is 1.34. The van der Waals surface area contributed by atoms with Crippen LogP contribution in [0.4, 0.5) is 0 Å². The zero-order chi connectivity index (χ0) is 10.5. The molecule has 0 aliphatic carbocycles. The highest BCUT2D eigenvalue weighted by Crippen LogP contribution is 2.15. The first kappa shape index (κ1) is 11.1. The number of hydrogen-bond acceptors (Lipinski definition) is 4. The van der Waals surface area contributed by atoms with E-state index in [1.165, 1.54) is 5.56 Å². The summed E-state index contributed by atoms with van der Waals surface area (Å²) in [6, 6.07) is 2.54. The SMILES string of the molecule is CC(NCC1COCCO1)c1ccsc1. The van der Waals surface area contributed by atoms with Gasteiger partial charge in [0.1, 0.15) is 0 Å². The van der Waals surface area contributed by atoms with Gasteiger partial charge in [0, 0.05) is 12.6 Å². The molecule has 1 aliphatic rings. The third-order valence-electron chi connectivity index (χ3n) is 2.58. The van der Waals surface area contributed by atoms with Crippen LogP contribution < -0.4 is 5.32 Å². The molecule has 84 valence electrons. The molecule has 1 aliphatic heterocycles. The van der Waals surface area contributed by atoms with E-state index in [1.54, 1.807) is 11.3 Å². The molecule has 0 saturated carbocycles. The number of thiophene rings is 1. The van der Waals surface area contributed by atoms with Crippen molar-refractivity contribution in [2.45, 2.75) is 19.1 Å². The highest BCUT2D eigenvalue weighted by atomic mass is 32.1. The molecule has 2 unspecified atom stereocenters. The fourth-order valence-corrected chi connectivity index (χ4v) is 2.36. The van der Waals surface area contributed by atoms with Crippen LogP contribution in [-0.2, 0) is 9.47 Å². The minimum atomic E-state index is 0.208. The van der Waals surface area contributed by atoms with E-state index < -0.39 is 0 Å². The standard InChI is InChI=1S/C11H17NO2S/c1-9(10-2-5-15-8-10)12-6-11-7-13-3-4-14-11/h2,5,8-9,11-12H,3-4,6-7H2,1H3. The summed E-state index contributed by atoms with van der Waals surface area (Å²) in [5.74, 6) is 0. The van der Waals surface area contributed by atoms with E-state index in [9.17, 15) is 0 Å². The Morgan fingerprint density at radius 1 is 1.60 bits per heavy atom. The fourth-order valence-electron chi connectivity index (χ4n) is 1.60. The normalized spacial score (nSPS) is 23.9. The second-order valence-corrected chi connectivity index (χ2v) is 4.53. The summed E-state index contributed by atoms with van der Waals surface area (Å²) < 4.78 is 10.9. The third-order valence-corrected chi connectivity index (χ3v) is 3.28. The van der Waals surface area contributed by atoms with Gasteiger partial charge in [-0.05, 0) is 29.3 Å². The first-order valence-corrected chi connectivity index (χ1v) is 6.25. The van der Waals surface area contributed by atoms with Gasteiger partial charge >= 0.3 is 0 Å². The molecule has 1 aromatic rings. The lowest BCUT2D eigenvalue weighted by Gasteiger charge is -2.24. The van der Waals surface area contributed by atoms with Crippen molar-refractivity contribution < 1.29 is 9.47 Å². The molecule has 2 rings (SSSR count). The van der Waals surface area contributed by atoms with Gasteiger partial charge in [0.25, 0.3) is 0 Å². The van der Waals surface area contributed by atoms with Crippen molar-refractivity contribution in [2.75, 3.05) is 26.4 Å². The van der Waals surface area contributed by atoms with Crippen molar-refractivity contribution >= 4 is 11.3 Å². The van der Waals surface area contributed by atoms with Crippen LogP contribution in [-0.4, -0.2) is 32.5 Å². The highest BCUT2D eigenvalue weighted by molar-refractivity contribution is 7.07. The van der Waals surface area contributed by atoms with Crippen LogP contribution in [0.1, 0.15) is 18.5 Å². The molecular formula is C11H17NO2S. The molecule has 2 atom stereocenters. The van der Waals surface area contributed by atoms with Crippen molar-refractivity contribution in [1.82, 2.24) is 5.32 Å². The predicted octanol–water partition coefficient (Wildman–Crippen LogP) is 1.81. The maximum absolute atomic E-state index is 5.56. The van der Waals surface area contributed by atoms with Gasteiger partial charge in [-0.3, -0.25) is 0 Å². The molecular weight excluding hydrogens is 210 g/mol. The Morgan fingerprint density at radius 3 is 3.20 bits per heavy atom. The molecule has 0 aromatic carbocycles. The average Bonchev–Trinajstić information content (AvgIpc) is 2.81. The molecule has 1 aromatic heterocycles. The number of hydrogen-bond donors (Lipinski definition) is 1. The van der Waals surface area contributed by atoms with Crippen molar-refractivity contribution in [3.05, 3.63) is 22.4 Å². The topological polar surface area (TPSA) is 30.5 Å². The fraction of sp³-hybridized carbons (Fsp3) is 0.636. The summed E-state index contributed by atoms with van der Waals surface area (Å²) in [6.45, 7) is 5.20. The Bertz CT molecular complexity index is 270. The van der Waals surface area contributed by atoms with Crippen molar-refractivity contribution in [2.24, 2.45) is 0 Å². The lowest BCUT2D eigenvalue weighted by molar-refractivity contribution is -0.0869. The van der Waals surface area contributed by atoms with Crippen LogP contribution in [0.2, 0.25) is 0 Å². The van der Waals surface area contributed by atoms with Gasteiger partial charge in [0.15, 0.2) is 0 Å². The van der Waals surface area contributed by atoms with Crippen molar-refractivity contribution in [3.63, 3.8) is 0 Å². The Morgan fingerprint density at radius 2 is 2.53 bits per heavy atom. The van der Waals surface area contributed by atoms with E-state index in [4.69, 9.17) is 9.47 Å². The molecule has 0 spiro atoms. The third kappa shape index (κ3) is 3.28. The molecule has 4 heteroatoms. The quantitative estimate of drug-likeness (QED) is 0.851. The predicted molar refractivity (Wildman–Crippen MR) is 61.3 cm³/mol. The Balaban J connectivity index is 1.73. The molecule has 3 nitrogen and oxygen atoms in total. The highest BCUT2D eigenvalue weighted by Gasteiger charge is 2.15. The number of rotatable bonds is 4. The molecule has 0 bridgehead atoms. The lowest BCUT2D eigenvalue weighted by atomic mass is 10.2. The second-order valence-electron chi connectivity index (χ2n) is 3.75. The van der Waals surface area contributed by atoms with Crippen LogP contribution in [0, 0.1) is 0 Å². The van der Waals surface area contributed by atoms with Gasteiger partial charge in [0.2, 0.25) is 0 Å². The van der Waals surface area contributed by atoms with Gasteiger partial charge in [0.05, 0.1) is 25.9 Å². The van der Waals surface area contributed by atoms with E-state index in [0.29, 0.717) is 12.6 Å². The summed E-state index contributed by atoms with van der Waals surface area (Å²) in [7, 11) is 0. The zero-order valence-electron chi connectivity index (χ0n) is 8.94. The van der Waals surface area contributed by atoms with E-state index in [0.717, 1.165) is 19.8 Å². The molecule has 1 N–H and O–H groups in total. The molecule has 0 amide bonds. The minimum absolute atomic E-state index is 0.208. The van der Waals surface area contributed by atoms with E-state index in [1.807, 2.05) is 0 Å². The lowest BCUT2D eigenvalue weighted by Crippen LogP contribution is -2.38. The largest absolute Gasteiger partial charge is 0.376 e. The first-order chi connectivity index (χ1) is 7.36. The van der Waals surface area contributed by atoms with Crippen LogP contribution in [0.15, 0.2) is 16.8 Å². The summed E-state index contributed by atoms with van der Waals surface area (Å²) in [6.07, 6.45) is 0.208. The van der Waals surface area contributed by atoms with E-state index >= 15 is 0 Å². The number of ether oxygens (including phenoxy) is 2. The van der Waals surface area contributed by atoms with Gasteiger partial charge < -0.3 is 14.8 Å². The van der Waals surface area contributed by atoms with Crippen molar-refractivity contribution in [3.8, 4) is 0 Å². The molecule has 1 saturated heterocycles. The Kier molecular flexibility index (Phi) is 4.14. The maximum atomic E-state index is 5.56. The van der Waals surface area contributed by atoms with Crippen LogP contribution >= 0.6 is 11.3 Å². The number of nitrogens with one attached hydrogen (secondary N) is 1. The second kappa shape index (κ2) is 5.61. The molecule has 1 fully saturated rings. The maximum Gasteiger partial charge on any atom is 0.0933 e. The molecule has 0 radical (unpaired) electrons. The first-order valence-electron chi connectivity index (χ1n) is 5.31. The summed E-state index contributed by atoms with van der Waals surface area (Å²) in [4.78, 5) is 0. The van der Waals surface area contributed by atoms with Crippen LogP contribution in [0.25, 0.3) is 0 Å². The average molecular weight is 227 g/mol. The summed E-state index contributed by atoms with van der Waals surface area (Å²) >= 11 is 1.73. The van der Waals surface area contributed by atoms with E-state index in [-0.39, 0.29) is 6.10 Å². The van der Waals surface area contributed by atoms with Gasteiger partial charge in [-0.1, -0.05) is 0 Å². The van der Waals surface area contributed by atoms with Gasteiger partial charge in [-0.2, -0.15) is 11.3 Å².